The molecule has 26 heavy (non-hydrogen) atoms. The molecule has 7 heteroatoms. The molecule has 0 aliphatic heterocycles. The average molecular weight is 378 g/mol. The Hall–Kier alpha value is -2.41. The Bertz CT molecular complexity index is 725. The number of hydrogen-bond donors (Lipinski definition) is 3. The van der Waals surface area contributed by atoms with E-state index in [1.165, 1.54) is 7.11 Å². The number of anilines is 2. The molecule has 1 unspecified atom stereocenters. The molecule has 0 aromatic heterocycles. The number of carbonyl (C=O) groups is 2. The molecule has 0 bridgehead atoms. The third kappa shape index (κ3) is 6.48. The third-order valence-corrected chi connectivity index (χ3v) is 3.76. The lowest BCUT2D eigenvalue weighted by Gasteiger charge is -2.14. The van der Waals surface area contributed by atoms with E-state index >= 15 is 0 Å². The van der Waals surface area contributed by atoms with Gasteiger partial charge in [0.2, 0.25) is 5.91 Å². The molecule has 2 aromatic rings. The summed E-state index contributed by atoms with van der Waals surface area (Å²) in [5.41, 5.74) is 8.11. The van der Waals surface area contributed by atoms with Crippen molar-refractivity contribution in [1.82, 2.24) is 0 Å². The summed E-state index contributed by atoms with van der Waals surface area (Å²) in [6.45, 7) is 1.66. The Labute approximate surface area is 159 Å². The van der Waals surface area contributed by atoms with Gasteiger partial charge in [0, 0.05) is 18.5 Å². The zero-order valence-corrected chi connectivity index (χ0v) is 15.6. The van der Waals surface area contributed by atoms with Crippen molar-refractivity contribution in [3.05, 3.63) is 60.2 Å². The van der Waals surface area contributed by atoms with Crippen LogP contribution in [0.4, 0.5) is 11.4 Å². The fourth-order valence-corrected chi connectivity index (χ4v) is 2.22. The van der Waals surface area contributed by atoms with Crippen molar-refractivity contribution < 1.29 is 14.3 Å². The van der Waals surface area contributed by atoms with E-state index in [1.54, 1.807) is 31.2 Å². The summed E-state index contributed by atoms with van der Waals surface area (Å²) in [6, 6.07) is 15.8. The molecule has 2 atom stereocenters. The van der Waals surface area contributed by atoms with Crippen molar-refractivity contribution in [2.24, 2.45) is 5.73 Å². The van der Waals surface area contributed by atoms with Crippen LogP contribution >= 0.6 is 12.4 Å². The predicted molar refractivity (Wildman–Crippen MR) is 106 cm³/mol. The summed E-state index contributed by atoms with van der Waals surface area (Å²) in [6.07, 6.45) is -0.105. The highest BCUT2D eigenvalue weighted by Gasteiger charge is 2.15. The van der Waals surface area contributed by atoms with E-state index in [1.807, 2.05) is 30.3 Å². The molecule has 0 fully saturated rings. The lowest BCUT2D eigenvalue weighted by Crippen LogP contribution is -2.37. The Kier molecular flexibility index (Phi) is 8.78. The number of ether oxygens (including phenoxy) is 1. The summed E-state index contributed by atoms with van der Waals surface area (Å²) in [5, 5.41) is 5.50. The second-order valence-corrected chi connectivity index (χ2v) is 5.73. The van der Waals surface area contributed by atoms with Gasteiger partial charge in [-0.25, -0.2) is 0 Å². The topological polar surface area (TPSA) is 93.5 Å². The van der Waals surface area contributed by atoms with E-state index in [9.17, 15) is 9.59 Å². The van der Waals surface area contributed by atoms with Crippen molar-refractivity contribution >= 4 is 35.6 Å². The second-order valence-electron chi connectivity index (χ2n) is 5.73. The van der Waals surface area contributed by atoms with Gasteiger partial charge in [0.25, 0.3) is 5.91 Å². The SMILES string of the molecule is COC(C)C(=O)Nc1cccc(NC(=O)[C@@H](N)Cc2ccccc2)c1.Cl. The maximum atomic E-state index is 12.3. The number of nitrogens with two attached hydrogens (primary N) is 1. The van der Waals surface area contributed by atoms with E-state index in [0.717, 1.165) is 5.56 Å². The van der Waals surface area contributed by atoms with E-state index in [0.29, 0.717) is 17.8 Å². The zero-order valence-electron chi connectivity index (χ0n) is 14.8. The van der Waals surface area contributed by atoms with Gasteiger partial charge in [-0.1, -0.05) is 36.4 Å². The first-order valence-corrected chi connectivity index (χ1v) is 8.03. The van der Waals surface area contributed by atoms with Crippen LogP contribution in [0.5, 0.6) is 0 Å². The van der Waals surface area contributed by atoms with Crippen LogP contribution in [0.15, 0.2) is 54.6 Å². The van der Waals surface area contributed by atoms with Crippen LogP contribution in [0.2, 0.25) is 0 Å². The number of benzene rings is 2. The molecular formula is C19H24ClN3O3. The molecule has 0 spiro atoms. The van der Waals surface area contributed by atoms with Crippen LogP contribution in [-0.2, 0) is 20.7 Å². The van der Waals surface area contributed by atoms with Crippen LogP contribution in [-0.4, -0.2) is 31.1 Å². The molecule has 4 N–H and O–H groups in total. The highest BCUT2D eigenvalue weighted by Crippen LogP contribution is 2.16. The maximum Gasteiger partial charge on any atom is 0.253 e. The fourth-order valence-electron chi connectivity index (χ4n) is 2.22. The highest BCUT2D eigenvalue weighted by molar-refractivity contribution is 5.97. The Morgan fingerprint density at radius 2 is 1.58 bits per heavy atom. The van der Waals surface area contributed by atoms with E-state index < -0.39 is 12.1 Å². The summed E-state index contributed by atoms with van der Waals surface area (Å²) in [4.78, 5) is 24.1. The van der Waals surface area contributed by atoms with Crippen molar-refractivity contribution in [3.63, 3.8) is 0 Å². The first-order chi connectivity index (χ1) is 12.0. The van der Waals surface area contributed by atoms with Gasteiger partial charge in [0.05, 0.1) is 6.04 Å². The van der Waals surface area contributed by atoms with Gasteiger partial charge in [0.15, 0.2) is 0 Å². The minimum absolute atomic E-state index is 0. The van der Waals surface area contributed by atoms with Gasteiger partial charge in [-0.2, -0.15) is 0 Å². The molecule has 0 heterocycles. The molecule has 0 aliphatic rings. The Morgan fingerprint density at radius 3 is 2.15 bits per heavy atom. The van der Waals surface area contributed by atoms with Gasteiger partial charge >= 0.3 is 0 Å². The first kappa shape index (κ1) is 21.6. The van der Waals surface area contributed by atoms with Gasteiger partial charge in [0.1, 0.15) is 6.10 Å². The molecule has 6 nitrogen and oxygen atoms in total. The van der Waals surface area contributed by atoms with Gasteiger partial charge in [-0.15, -0.1) is 12.4 Å². The van der Waals surface area contributed by atoms with Crippen LogP contribution in [0.25, 0.3) is 0 Å². The summed E-state index contributed by atoms with van der Waals surface area (Å²) >= 11 is 0. The van der Waals surface area contributed by atoms with Crippen molar-refractivity contribution in [3.8, 4) is 0 Å². The number of methoxy groups -OCH3 is 1. The first-order valence-electron chi connectivity index (χ1n) is 8.03. The quantitative estimate of drug-likeness (QED) is 0.691. The molecule has 0 radical (unpaired) electrons. The standard InChI is InChI=1S/C19H23N3O3.ClH/c1-13(25-2)18(23)21-15-9-6-10-16(12-15)22-19(24)17(20)11-14-7-4-3-5-8-14;/h3-10,12-13,17H,11,20H2,1-2H3,(H,21,23)(H,22,24);1H/t13?,17-;/m0./s1. The minimum atomic E-state index is -0.658. The molecule has 2 rings (SSSR count). The molecule has 2 amide bonds. The van der Waals surface area contributed by atoms with E-state index in [4.69, 9.17) is 10.5 Å². The highest BCUT2D eigenvalue weighted by atomic mass is 35.5. The number of rotatable bonds is 7. The van der Waals surface area contributed by atoms with Crippen LogP contribution in [0.3, 0.4) is 0 Å². The van der Waals surface area contributed by atoms with Gasteiger partial charge < -0.3 is 21.1 Å². The lowest BCUT2D eigenvalue weighted by atomic mass is 10.1. The normalized spacial score (nSPS) is 12.4. The molecular weight excluding hydrogens is 354 g/mol. The fraction of sp³-hybridized carbons (Fsp3) is 0.263. The summed E-state index contributed by atoms with van der Waals surface area (Å²) < 4.78 is 4.97. The minimum Gasteiger partial charge on any atom is -0.372 e. The second kappa shape index (κ2) is 10.6. The summed E-state index contributed by atoms with van der Waals surface area (Å²) in [5.74, 6) is -0.538. The van der Waals surface area contributed by atoms with Crippen LogP contribution in [0.1, 0.15) is 12.5 Å². The molecule has 0 saturated carbocycles. The van der Waals surface area contributed by atoms with Crippen molar-refractivity contribution in [2.45, 2.75) is 25.5 Å². The van der Waals surface area contributed by atoms with E-state index in [2.05, 4.69) is 10.6 Å². The average Bonchev–Trinajstić information content (AvgIpc) is 2.62. The van der Waals surface area contributed by atoms with Gasteiger partial charge in [-0.3, -0.25) is 9.59 Å². The number of amides is 2. The third-order valence-electron chi connectivity index (χ3n) is 3.76. The van der Waals surface area contributed by atoms with Crippen molar-refractivity contribution in [1.29, 1.82) is 0 Å². The number of hydrogen-bond acceptors (Lipinski definition) is 4. The Balaban J connectivity index is 0.00000338. The van der Waals surface area contributed by atoms with E-state index in [-0.39, 0.29) is 24.2 Å². The lowest BCUT2D eigenvalue weighted by molar-refractivity contribution is -0.124. The van der Waals surface area contributed by atoms with Crippen LogP contribution in [0, 0.1) is 0 Å². The zero-order chi connectivity index (χ0) is 18.2. The smallest absolute Gasteiger partial charge is 0.253 e. The largest absolute Gasteiger partial charge is 0.372 e. The van der Waals surface area contributed by atoms with Crippen molar-refractivity contribution in [2.75, 3.05) is 17.7 Å². The monoisotopic (exact) mass is 377 g/mol. The summed E-state index contributed by atoms with van der Waals surface area (Å²) in [7, 11) is 1.47. The number of nitrogens with one attached hydrogen (secondary N) is 2. The molecule has 0 saturated heterocycles. The number of halogens is 1. The molecule has 2 aromatic carbocycles. The van der Waals surface area contributed by atoms with Crippen LogP contribution < -0.4 is 16.4 Å². The molecule has 140 valence electrons. The predicted octanol–water partition coefficient (Wildman–Crippen LogP) is 2.59. The maximum absolute atomic E-state index is 12.3. The van der Waals surface area contributed by atoms with Gasteiger partial charge in [-0.05, 0) is 37.1 Å². The Morgan fingerprint density at radius 1 is 1.00 bits per heavy atom. The molecule has 0 aliphatic carbocycles. The number of carbonyl (C=O) groups excluding carboxylic acids is 2.